The molecule has 4 heteroatoms. The number of nitrogens with one attached hydrogen (secondary N) is 1. The number of rotatable bonds is 4. The molecule has 1 N–H and O–H groups in total. The fourth-order valence-corrected chi connectivity index (χ4v) is 3.73. The number of nitrogens with zero attached hydrogens (tertiary/aromatic N) is 1. The highest BCUT2D eigenvalue weighted by Crippen LogP contribution is 2.26. The first-order chi connectivity index (χ1) is 10.2. The number of likely N-dealkylation sites (tertiary alicyclic amines) is 1. The standard InChI is InChI=1S/C17H32N2O2/c1-3-14-6-5-7-15(9-8-14)18-16-10-12-19(13-11-16)17(20)21-4-2/h14-16,18H,3-13H2,1-2H3. The van der Waals surface area contributed by atoms with E-state index in [1.54, 1.807) is 0 Å². The lowest BCUT2D eigenvalue weighted by Crippen LogP contribution is -2.47. The zero-order chi connectivity index (χ0) is 15.1. The van der Waals surface area contributed by atoms with Crippen molar-refractivity contribution in [2.45, 2.75) is 77.3 Å². The molecule has 0 aromatic carbocycles. The van der Waals surface area contributed by atoms with Gasteiger partial charge in [0.1, 0.15) is 0 Å². The van der Waals surface area contributed by atoms with Gasteiger partial charge in [-0.05, 0) is 44.9 Å². The molecule has 1 amide bonds. The normalized spacial score (nSPS) is 28.2. The summed E-state index contributed by atoms with van der Waals surface area (Å²) in [5.74, 6) is 0.947. The first-order valence-electron chi connectivity index (χ1n) is 8.90. The molecule has 1 heterocycles. The molecule has 1 aliphatic carbocycles. The zero-order valence-electron chi connectivity index (χ0n) is 13.8. The van der Waals surface area contributed by atoms with Gasteiger partial charge in [-0.1, -0.05) is 26.2 Å². The number of carbonyl (C=O) groups is 1. The summed E-state index contributed by atoms with van der Waals surface area (Å²) < 4.78 is 5.07. The van der Waals surface area contributed by atoms with Crippen molar-refractivity contribution < 1.29 is 9.53 Å². The molecule has 2 atom stereocenters. The van der Waals surface area contributed by atoms with Crippen molar-refractivity contribution >= 4 is 6.09 Å². The van der Waals surface area contributed by atoms with Crippen LogP contribution in [0.2, 0.25) is 0 Å². The first kappa shape index (κ1) is 16.6. The molecule has 2 aliphatic rings. The maximum Gasteiger partial charge on any atom is 0.409 e. The van der Waals surface area contributed by atoms with Crippen LogP contribution in [0, 0.1) is 5.92 Å². The average molecular weight is 296 g/mol. The topological polar surface area (TPSA) is 41.6 Å². The van der Waals surface area contributed by atoms with Gasteiger partial charge in [-0.2, -0.15) is 0 Å². The van der Waals surface area contributed by atoms with Crippen LogP contribution in [0.15, 0.2) is 0 Å². The Morgan fingerprint density at radius 1 is 1.05 bits per heavy atom. The molecule has 0 aromatic heterocycles. The van der Waals surface area contributed by atoms with Crippen molar-refractivity contribution in [1.29, 1.82) is 0 Å². The smallest absolute Gasteiger partial charge is 0.409 e. The maximum atomic E-state index is 11.7. The lowest BCUT2D eigenvalue weighted by molar-refractivity contribution is 0.0939. The summed E-state index contributed by atoms with van der Waals surface area (Å²) in [6, 6.07) is 1.28. The Labute approximate surface area is 129 Å². The van der Waals surface area contributed by atoms with E-state index in [9.17, 15) is 4.79 Å². The molecule has 1 saturated carbocycles. The summed E-state index contributed by atoms with van der Waals surface area (Å²) in [5, 5.41) is 3.86. The van der Waals surface area contributed by atoms with E-state index in [1.165, 1.54) is 38.5 Å². The number of hydrogen-bond donors (Lipinski definition) is 1. The third-order valence-electron chi connectivity index (χ3n) is 5.16. The summed E-state index contributed by atoms with van der Waals surface area (Å²) in [6.45, 7) is 6.32. The molecule has 0 spiro atoms. The van der Waals surface area contributed by atoms with Gasteiger partial charge in [0.05, 0.1) is 6.61 Å². The van der Waals surface area contributed by atoms with Crippen molar-refractivity contribution in [2.75, 3.05) is 19.7 Å². The third kappa shape index (κ3) is 5.17. The highest BCUT2D eigenvalue weighted by Gasteiger charge is 2.26. The van der Waals surface area contributed by atoms with Crippen LogP contribution in [0.3, 0.4) is 0 Å². The number of piperidine rings is 1. The minimum absolute atomic E-state index is 0.142. The first-order valence-corrected chi connectivity index (χ1v) is 8.90. The summed E-state index contributed by atoms with van der Waals surface area (Å²) >= 11 is 0. The second-order valence-electron chi connectivity index (χ2n) is 6.61. The summed E-state index contributed by atoms with van der Waals surface area (Å²) in [6.07, 6.45) is 10.1. The van der Waals surface area contributed by atoms with E-state index in [-0.39, 0.29) is 6.09 Å². The van der Waals surface area contributed by atoms with Crippen LogP contribution in [-0.2, 0) is 4.74 Å². The maximum absolute atomic E-state index is 11.7. The Bertz CT molecular complexity index is 314. The molecule has 0 bridgehead atoms. The molecule has 1 saturated heterocycles. The fraction of sp³-hybridized carbons (Fsp3) is 0.941. The minimum Gasteiger partial charge on any atom is -0.450 e. The predicted octanol–water partition coefficient (Wildman–Crippen LogP) is 3.56. The summed E-state index contributed by atoms with van der Waals surface area (Å²) in [5.41, 5.74) is 0. The van der Waals surface area contributed by atoms with Gasteiger partial charge in [0.15, 0.2) is 0 Å². The number of amides is 1. The van der Waals surface area contributed by atoms with Crippen LogP contribution in [0.25, 0.3) is 0 Å². The van der Waals surface area contributed by atoms with E-state index >= 15 is 0 Å². The van der Waals surface area contributed by atoms with E-state index in [2.05, 4.69) is 12.2 Å². The highest BCUT2D eigenvalue weighted by atomic mass is 16.6. The molecular weight excluding hydrogens is 264 g/mol. The van der Waals surface area contributed by atoms with Crippen molar-refractivity contribution in [3.63, 3.8) is 0 Å². The van der Waals surface area contributed by atoms with Crippen LogP contribution in [0.1, 0.15) is 65.2 Å². The quantitative estimate of drug-likeness (QED) is 0.807. The van der Waals surface area contributed by atoms with Gasteiger partial charge < -0.3 is 15.0 Å². The fourth-order valence-electron chi connectivity index (χ4n) is 3.73. The lowest BCUT2D eigenvalue weighted by Gasteiger charge is -2.34. The van der Waals surface area contributed by atoms with Crippen molar-refractivity contribution in [3.8, 4) is 0 Å². The van der Waals surface area contributed by atoms with Gasteiger partial charge in [0.25, 0.3) is 0 Å². The molecule has 0 radical (unpaired) electrons. The Hall–Kier alpha value is -0.770. The molecule has 0 aromatic rings. The van der Waals surface area contributed by atoms with Gasteiger partial charge >= 0.3 is 6.09 Å². The SMILES string of the molecule is CCOC(=O)N1CCC(NC2CCCC(CC)CC2)CC1. The Morgan fingerprint density at radius 2 is 1.76 bits per heavy atom. The molecule has 1 aliphatic heterocycles. The average Bonchev–Trinajstić information content (AvgIpc) is 2.73. The molecule has 21 heavy (non-hydrogen) atoms. The van der Waals surface area contributed by atoms with E-state index in [4.69, 9.17) is 4.74 Å². The van der Waals surface area contributed by atoms with E-state index in [0.29, 0.717) is 18.7 Å². The van der Waals surface area contributed by atoms with Crippen LogP contribution in [-0.4, -0.2) is 42.8 Å². The Kier molecular flexibility index (Phi) is 6.81. The second kappa shape index (κ2) is 8.62. The zero-order valence-corrected chi connectivity index (χ0v) is 13.8. The molecule has 4 nitrogen and oxygen atoms in total. The van der Waals surface area contributed by atoms with Crippen LogP contribution >= 0.6 is 0 Å². The molecule has 2 rings (SSSR count). The second-order valence-corrected chi connectivity index (χ2v) is 6.61. The monoisotopic (exact) mass is 296 g/mol. The van der Waals surface area contributed by atoms with Gasteiger partial charge in [-0.15, -0.1) is 0 Å². The van der Waals surface area contributed by atoms with Crippen molar-refractivity contribution in [2.24, 2.45) is 5.92 Å². The minimum atomic E-state index is -0.142. The third-order valence-corrected chi connectivity index (χ3v) is 5.16. The highest BCUT2D eigenvalue weighted by molar-refractivity contribution is 5.67. The van der Waals surface area contributed by atoms with Gasteiger partial charge in [-0.25, -0.2) is 4.79 Å². The lowest BCUT2D eigenvalue weighted by atomic mass is 9.97. The van der Waals surface area contributed by atoms with Gasteiger partial charge in [0.2, 0.25) is 0 Å². The van der Waals surface area contributed by atoms with E-state index in [1.807, 2.05) is 11.8 Å². The number of ether oxygens (including phenoxy) is 1. The number of hydrogen-bond acceptors (Lipinski definition) is 3. The molecule has 122 valence electrons. The largest absolute Gasteiger partial charge is 0.450 e. The van der Waals surface area contributed by atoms with Crippen LogP contribution < -0.4 is 5.32 Å². The van der Waals surface area contributed by atoms with E-state index in [0.717, 1.165) is 31.8 Å². The Morgan fingerprint density at radius 3 is 2.43 bits per heavy atom. The van der Waals surface area contributed by atoms with Gasteiger partial charge in [-0.3, -0.25) is 0 Å². The molecule has 2 fully saturated rings. The van der Waals surface area contributed by atoms with Crippen molar-refractivity contribution in [1.82, 2.24) is 10.2 Å². The summed E-state index contributed by atoms with van der Waals surface area (Å²) in [4.78, 5) is 13.5. The summed E-state index contributed by atoms with van der Waals surface area (Å²) in [7, 11) is 0. The van der Waals surface area contributed by atoms with E-state index < -0.39 is 0 Å². The van der Waals surface area contributed by atoms with Gasteiger partial charge in [0, 0.05) is 25.2 Å². The number of carbonyl (C=O) groups excluding carboxylic acids is 1. The van der Waals surface area contributed by atoms with Crippen LogP contribution in [0.4, 0.5) is 4.79 Å². The van der Waals surface area contributed by atoms with Crippen molar-refractivity contribution in [3.05, 3.63) is 0 Å². The molecular formula is C17H32N2O2. The predicted molar refractivity (Wildman–Crippen MR) is 85.4 cm³/mol. The molecule has 2 unspecified atom stereocenters. The Balaban J connectivity index is 1.69. The van der Waals surface area contributed by atoms with Crippen LogP contribution in [0.5, 0.6) is 0 Å².